The number of imidazole rings is 1. The van der Waals surface area contributed by atoms with Crippen LogP contribution in [0.2, 0.25) is 0 Å². The molecule has 0 atom stereocenters. The van der Waals surface area contributed by atoms with Gasteiger partial charge in [-0.25, -0.2) is 19.3 Å². The van der Waals surface area contributed by atoms with E-state index < -0.39 is 0 Å². The molecule has 0 spiro atoms. The molecule has 0 aliphatic rings. The molecule has 0 saturated carbocycles. The smallest absolute Gasteiger partial charge is 0.251 e. The quantitative estimate of drug-likeness (QED) is 0.332. The third-order valence-corrected chi connectivity index (χ3v) is 5.25. The highest BCUT2D eigenvalue weighted by atomic mass is 19.1. The van der Waals surface area contributed by atoms with Crippen molar-refractivity contribution in [1.82, 2.24) is 35.5 Å². The number of halogens is 1. The second-order valence-corrected chi connectivity index (χ2v) is 7.51. The molecule has 8 nitrogen and oxygen atoms in total. The largest absolute Gasteiger partial charge is 0.352 e. The van der Waals surface area contributed by atoms with Crippen LogP contribution >= 0.6 is 0 Å². The third kappa shape index (κ3) is 4.47. The maximum atomic E-state index is 13.4. The zero-order valence-electron chi connectivity index (χ0n) is 17.5. The van der Waals surface area contributed by atoms with Crippen molar-refractivity contribution in [3.8, 4) is 22.5 Å². The van der Waals surface area contributed by atoms with Gasteiger partial charge in [0.25, 0.3) is 5.91 Å². The van der Waals surface area contributed by atoms with Crippen LogP contribution in [0.4, 0.5) is 4.39 Å². The number of carbonyl (C=O) groups excluding carboxylic acids is 1. The standard InChI is InChI=1S/C24H20FN7O/c25-18-6-3-15(4-7-18)22-23(17-13-29-30-14-17)32-20-12-16(5-8-19(20)31-22)24(33)28-9-1-2-21-26-10-11-27-21/h3-8,10-14H,1-2,9H2,(H,26,27)(H,28,33)(H,29,30). The van der Waals surface area contributed by atoms with Gasteiger partial charge in [0, 0.05) is 48.2 Å². The number of amides is 1. The van der Waals surface area contributed by atoms with Crippen LogP contribution in [-0.2, 0) is 6.42 Å². The van der Waals surface area contributed by atoms with Gasteiger partial charge in [0.05, 0.1) is 22.9 Å². The Hall–Kier alpha value is -4.40. The molecule has 33 heavy (non-hydrogen) atoms. The van der Waals surface area contributed by atoms with Gasteiger partial charge < -0.3 is 10.3 Å². The molecule has 3 heterocycles. The van der Waals surface area contributed by atoms with E-state index in [0.717, 1.165) is 29.8 Å². The van der Waals surface area contributed by atoms with Crippen LogP contribution in [0.25, 0.3) is 33.5 Å². The monoisotopic (exact) mass is 441 g/mol. The van der Waals surface area contributed by atoms with E-state index in [1.54, 1.807) is 55.1 Å². The van der Waals surface area contributed by atoms with Crippen LogP contribution in [0, 0.1) is 5.82 Å². The van der Waals surface area contributed by atoms with Gasteiger partial charge >= 0.3 is 0 Å². The lowest BCUT2D eigenvalue weighted by molar-refractivity contribution is 0.0953. The molecule has 3 N–H and O–H groups in total. The van der Waals surface area contributed by atoms with Gasteiger partial charge in [-0.3, -0.25) is 9.89 Å². The lowest BCUT2D eigenvalue weighted by atomic mass is 10.1. The molecule has 1 amide bonds. The zero-order chi connectivity index (χ0) is 22.6. The first-order valence-corrected chi connectivity index (χ1v) is 10.5. The number of hydrogen-bond acceptors (Lipinski definition) is 5. The number of rotatable bonds is 7. The Morgan fingerprint density at radius 2 is 1.82 bits per heavy atom. The lowest BCUT2D eigenvalue weighted by Crippen LogP contribution is -2.24. The van der Waals surface area contributed by atoms with Crippen molar-refractivity contribution in [3.05, 3.63) is 84.5 Å². The topological polar surface area (TPSA) is 112 Å². The molecule has 0 saturated heterocycles. The summed E-state index contributed by atoms with van der Waals surface area (Å²) in [6.45, 7) is 0.535. The highest BCUT2D eigenvalue weighted by Gasteiger charge is 2.15. The van der Waals surface area contributed by atoms with Gasteiger partial charge in [-0.05, 0) is 48.9 Å². The van der Waals surface area contributed by atoms with Crippen molar-refractivity contribution in [2.24, 2.45) is 0 Å². The van der Waals surface area contributed by atoms with Crippen molar-refractivity contribution < 1.29 is 9.18 Å². The maximum Gasteiger partial charge on any atom is 0.251 e. The highest BCUT2D eigenvalue weighted by molar-refractivity contribution is 5.98. The van der Waals surface area contributed by atoms with E-state index >= 15 is 0 Å². The summed E-state index contributed by atoms with van der Waals surface area (Å²) < 4.78 is 13.4. The number of nitrogens with zero attached hydrogens (tertiary/aromatic N) is 4. The molecule has 5 aromatic rings. The molecular formula is C24H20FN7O. The van der Waals surface area contributed by atoms with E-state index in [-0.39, 0.29) is 11.7 Å². The molecule has 0 fully saturated rings. The minimum absolute atomic E-state index is 0.175. The molecule has 2 aromatic carbocycles. The van der Waals surface area contributed by atoms with E-state index in [9.17, 15) is 9.18 Å². The van der Waals surface area contributed by atoms with Gasteiger partial charge in [0.15, 0.2) is 0 Å². The summed E-state index contributed by atoms with van der Waals surface area (Å²) >= 11 is 0. The third-order valence-electron chi connectivity index (χ3n) is 5.25. The molecule has 5 rings (SSSR count). The fourth-order valence-electron chi connectivity index (χ4n) is 3.58. The number of hydrogen-bond donors (Lipinski definition) is 3. The van der Waals surface area contributed by atoms with Crippen LogP contribution in [0.5, 0.6) is 0 Å². The molecule has 0 radical (unpaired) electrons. The second kappa shape index (κ2) is 8.99. The Kier molecular flexibility index (Phi) is 5.59. The van der Waals surface area contributed by atoms with E-state index in [1.165, 1.54) is 12.1 Å². The average molecular weight is 441 g/mol. The van der Waals surface area contributed by atoms with Gasteiger partial charge in [0.2, 0.25) is 0 Å². The van der Waals surface area contributed by atoms with Gasteiger partial charge in [0.1, 0.15) is 17.3 Å². The Labute approximate surface area is 188 Å². The van der Waals surface area contributed by atoms with E-state index in [4.69, 9.17) is 9.97 Å². The molecule has 0 aliphatic heterocycles. The molecular weight excluding hydrogens is 421 g/mol. The summed E-state index contributed by atoms with van der Waals surface area (Å²) in [5, 5.41) is 9.73. The van der Waals surface area contributed by atoms with Crippen LogP contribution < -0.4 is 5.32 Å². The number of fused-ring (bicyclic) bond motifs is 1. The summed E-state index contributed by atoms with van der Waals surface area (Å²) in [6, 6.07) is 11.3. The van der Waals surface area contributed by atoms with E-state index in [1.807, 2.05) is 0 Å². The summed E-state index contributed by atoms with van der Waals surface area (Å²) in [6.07, 6.45) is 8.40. The minimum Gasteiger partial charge on any atom is -0.352 e. The summed E-state index contributed by atoms with van der Waals surface area (Å²) in [7, 11) is 0. The zero-order valence-corrected chi connectivity index (χ0v) is 17.5. The van der Waals surface area contributed by atoms with E-state index in [2.05, 4.69) is 25.5 Å². The number of carbonyl (C=O) groups is 1. The van der Waals surface area contributed by atoms with Gasteiger partial charge in [-0.15, -0.1) is 0 Å². The van der Waals surface area contributed by atoms with Crippen LogP contribution in [0.3, 0.4) is 0 Å². The first kappa shape index (κ1) is 20.5. The number of nitrogens with one attached hydrogen (secondary N) is 3. The Morgan fingerprint density at radius 3 is 2.58 bits per heavy atom. The Bertz CT molecular complexity index is 1380. The Morgan fingerprint density at radius 1 is 1.00 bits per heavy atom. The molecule has 9 heteroatoms. The van der Waals surface area contributed by atoms with Gasteiger partial charge in [-0.2, -0.15) is 5.10 Å². The van der Waals surface area contributed by atoms with Crippen molar-refractivity contribution in [2.75, 3.05) is 6.54 Å². The minimum atomic E-state index is -0.322. The highest BCUT2D eigenvalue weighted by Crippen LogP contribution is 2.30. The number of benzene rings is 2. The van der Waals surface area contributed by atoms with Crippen molar-refractivity contribution in [3.63, 3.8) is 0 Å². The summed E-state index contributed by atoms with van der Waals surface area (Å²) in [5.74, 6) is 0.400. The Balaban J connectivity index is 1.42. The molecule has 164 valence electrons. The van der Waals surface area contributed by atoms with Crippen LogP contribution in [0.1, 0.15) is 22.6 Å². The number of aryl methyl sites for hydroxylation is 1. The van der Waals surface area contributed by atoms with Crippen molar-refractivity contribution in [2.45, 2.75) is 12.8 Å². The number of aromatic nitrogens is 6. The van der Waals surface area contributed by atoms with Crippen LogP contribution in [-0.4, -0.2) is 42.6 Å². The second-order valence-electron chi connectivity index (χ2n) is 7.51. The number of aromatic amines is 2. The summed E-state index contributed by atoms with van der Waals surface area (Å²) in [4.78, 5) is 29.4. The first-order valence-electron chi connectivity index (χ1n) is 10.5. The normalized spacial score (nSPS) is 11.1. The molecule has 3 aromatic heterocycles. The lowest BCUT2D eigenvalue weighted by Gasteiger charge is -2.10. The van der Waals surface area contributed by atoms with Crippen molar-refractivity contribution >= 4 is 16.9 Å². The number of H-pyrrole nitrogens is 2. The van der Waals surface area contributed by atoms with Crippen molar-refractivity contribution in [1.29, 1.82) is 0 Å². The summed E-state index contributed by atoms with van der Waals surface area (Å²) in [5.41, 5.74) is 4.41. The fraction of sp³-hybridized carbons (Fsp3) is 0.125. The van der Waals surface area contributed by atoms with Crippen LogP contribution in [0.15, 0.2) is 67.3 Å². The molecule has 0 unspecified atom stereocenters. The first-order chi connectivity index (χ1) is 16.2. The molecule has 0 aliphatic carbocycles. The average Bonchev–Trinajstić information content (AvgIpc) is 3.56. The molecule has 0 bridgehead atoms. The predicted octanol–water partition coefficient (Wildman–Crippen LogP) is 3.91. The van der Waals surface area contributed by atoms with Gasteiger partial charge in [-0.1, -0.05) is 0 Å². The predicted molar refractivity (Wildman–Crippen MR) is 122 cm³/mol. The fourth-order valence-corrected chi connectivity index (χ4v) is 3.58. The van der Waals surface area contributed by atoms with E-state index in [0.29, 0.717) is 34.5 Å². The SMILES string of the molecule is O=C(NCCCc1ncc[nH]1)c1ccc2nc(-c3ccc(F)cc3)c(-c3cn[nH]c3)nc2c1. The maximum absolute atomic E-state index is 13.4.